The van der Waals surface area contributed by atoms with E-state index in [4.69, 9.17) is 11.6 Å². The van der Waals surface area contributed by atoms with Gasteiger partial charge >= 0.3 is 0 Å². The van der Waals surface area contributed by atoms with Crippen molar-refractivity contribution in [2.75, 3.05) is 0 Å². The molecule has 3 aromatic rings. The summed E-state index contributed by atoms with van der Waals surface area (Å²) >= 11 is 5.88. The zero-order valence-corrected chi connectivity index (χ0v) is 13.8. The molecule has 0 amide bonds. The number of halogens is 1. The second-order valence-corrected chi connectivity index (χ2v) is 5.95. The molecule has 24 heavy (non-hydrogen) atoms. The Kier molecular flexibility index (Phi) is 4.58. The molecule has 0 aliphatic rings. The average molecular weight is 339 g/mol. The van der Waals surface area contributed by atoms with Gasteiger partial charge in [-0.3, -0.25) is 9.59 Å². The molecule has 0 N–H and O–H groups in total. The van der Waals surface area contributed by atoms with Gasteiger partial charge in [-0.25, -0.2) is 4.68 Å². The second-order valence-electron chi connectivity index (χ2n) is 5.51. The molecule has 0 radical (unpaired) electrons. The highest BCUT2D eigenvalue weighted by Crippen LogP contribution is 2.18. The molecular weight excluding hydrogens is 324 g/mol. The van der Waals surface area contributed by atoms with Crippen LogP contribution < -0.4 is 5.56 Å². The topological polar surface area (TPSA) is 52.0 Å². The number of benzene rings is 2. The van der Waals surface area contributed by atoms with Gasteiger partial charge in [0, 0.05) is 22.2 Å². The fourth-order valence-corrected chi connectivity index (χ4v) is 2.43. The molecule has 2 aromatic carbocycles. The summed E-state index contributed by atoms with van der Waals surface area (Å²) in [4.78, 5) is 24.4. The summed E-state index contributed by atoms with van der Waals surface area (Å²) in [7, 11) is 0. The third-order valence-electron chi connectivity index (χ3n) is 3.67. The van der Waals surface area contributed by atoms with Crippen LogP contribution in [0, 0.1) is 6.92 Å². The van der Waals surface area contributed by atoms with Crippen molar-refractivity contribution in [2.24, 2.45) is 0 Å². The summed E-state index contributed by atoms with van der Waals surface area (Å²) in [6.07, 6.45) is 0. The first-order valence-corrected chi connectivity index (χ1v) is 7.85. The van der Waals surface area contributed by atoms with Crippen molar-refractivity contribution in [1.29, 1.82) is 0 Å². The SMILES string of the molecule is Cc1ccc(C(=O)Cn2nc(-c3ccc(Cl)cc3)ccc2=O)cc1. The van der Waals surface area contributed by atoms with Gasteiger partial charge < -0.3 is 0 Å². The monoisotopic (exact) mass is 338 g/mol. The molecule has 0 saturated heterocycles. The number of hydrogen-bond donors (Lipinski definition) is 0. The van der Waals surface area contributed by atoms with Crippen molar-refractivity contribution in [2.45, 2.75) is 13.5 Å². The maximum atomic E-state index is 12.4. The minimum Gasteiger partial charge on any atom is -0.292 e. The zero-order valence-electron chi connectivity index (χ0n) is 13.1. The van der Waals surface area contributed by atoms with Gasteiger partial charge in [-0.1, -0.05) is 53.6 Å². The Bertz CT molecular complexity index is 929. The van der Waals surface area contributed by atoms with Gasteiger partial charge in [0.1, 0.15) is 6.54 Å². The summed E-state index contributed by atoms with van der Waals surface area (Å²) in [6.45, 7) is 1.86. The number of hydrogen-bond acceptors (Lipinski definition) is 3. The van der Waals surface area contributed by atoms with Crippen LogP contribution in [0.1, 0.15) is 15.9 Å². The number of ketones is 1. The predicted molar refractivity (Wildman–Crippen MR) is 94.5 cm³/mol. The molecule has 0 unspecified atom stereocenters. The van der Waals surface area contributed by atoms with Crippen molar-refractivity contribution in [1.82, 2.24) is 9.78 Å². The number of nitrogens with zero attached hydrogens (tertiary/aromatic N) is 2. The third kappa shape index (κ3) is 3.60. The van der Waals surface area contributed by atoms with E-state index in [0.29, 0.717) is 16.3 Å². The van der Waals surface area contributed by atoms with Crippen molar-refractivity contribution in [3.8, 4) is 11.3 Å². The van der Waals surface area contributed by atoms with E-state index in [-0.39, 0.29) is 17.9 Å². The molecule has 3 rings (SSSR count). The van der Waals surface area contributed by atoms with Gasteiger partial charge in [-0.05, 0) is 25.1 Å². The number of carbonyl (C=O) groups excluding carboxylic acids is 1. The Hall–Kier alpha value is -2.72. The quantitative estimate of drug-likeness (QED) is 0.681. The lowest BCUT2D eigenvalue weighted by molar-refractivity contribution is 0.0966. The molecule has 0 aliphatic heterocycles. The molecule has 0 fully saturated rings. The van der Waals surface area contributed by atoms with Gasteiger partial charge in [0.15, 0.2) is 5.78 Å². The summed E-state index contributed by atoms with van der Waals surface area (Å²) in [5.41, 5.74) is 2.77. The molecule has 0 aliphatic carbocycles. The van der Waals surface area contributed by atoms with Crippen molar-refractivity contribution in [3.63, 3.8) is 0 Å². The van der Waals surface area contributed by atoms with E-state index in [9.17, 15) is 9.59 Å². The average Bonchev–Trinajstić information content (AvgIpc) is 2.58. The molecule has 1 heterocycles. The lowest BCUT2D eigenvalue weighted by Gasteiger charge is -2.07. The molecule has 1 aromatic heterocycles. The zero-order chi connectivity index (χ0) is 17.1. The smallest absolute Gasteiger partial charge is 0.267 e. The first kappa shape index (κ1) is 16.1. The Balaban J connectivity index is 1.89. The highest BCUT2D eigenvalue weighted by atomic mass is 35.5. The van der Waals surface area contributed by atoms with Gasteiger partial charge in [0.25, 0.3) is 5.56 Å². The normalized spacial score (nSPS) is 10.6. The summed E-state index contributed by atoms with van der Waals surface area (Å²) in [6, 6.07) is 17.5. The number of aromatic nitrogens is 2. The number of rotatable bonds is 4. The third-order valence-corrected chi connectivity index (χ3v) is 3.93. The van der Waals surface area contributed by atoms with Gasteiger partial charge in [0.2, 0.25) is 0 Å². The number of aryl methyl sites for hydroxylation is 1. The molecule has 0 atom stereocenters. The van der Waals surface area contributed by atoms with Crippen molar-refractivity contribution < 1.29 is 4.79 Å². The lowest BCUT2D eigenvalue weighted by atomic mass is 10.1. The number of Topliss-reactive ketones (excluding diaryl/α,β-unsaturated/α-hetero) is 1. The van der Waals surface area contributed by atoms with Crippen LogP contribution >= 0.6 is 11.6 Å². The van der Waals surface area contributed by atoms with Gasteiger partial charge in [-0.15, -0.1) is 0 Å². The first-order chi connectivity index (χ1) is 11.5. The summed E-state index contributed by atoms with van der Waals surface area (Å²) in [5.74, 6) is -0.155. The van der Waals surface area contributed by atoms with E-state index in [1.165, 1.54) is 10.7 Å². The van der Waals surface area contributed by atoms with Crippen LogP contribution in [0.4, 0.5) is 0 Å². The molecule has 0 saturated carbocycles. The van der Waals surface area contributed by atoms with E-state index in [1.54, 1.807) is 30.3 Å². The molecule has 0 bridgehead atoms. The van der Waals surface area contributed by atoms with E-state index >= 15 is 0 Å². The molecule has 120 valence electrons. The predicted octanol–water partition coefficient (Wildman–Crippen LogP) is 3.76. The van der Waals surface area contributed by atoms with Crippen LogP contribution in [-0.2, 0) is 6.54 Å². The standard InChI is InChI=1S/C19H15ClN2O2/c1-13-2-4-15(5-3-13)18(23)12-22-19(24)11-10-17(21-22)14-6-8-16(20)9-7-14/h2-11H,12H2,1H3. The second kappa shape index (κ2) is 6.81. The Morgan fingerprint density at radius 3 is 2.33 bits per heavy atom. The molecular formula is C19H15ClN2O2. The van der Waals surface area contributed by atoms with Crippen LogP contribution in [0.15, 0.2) is 65.5 Å². The van der Waals surface area contributed by atoms with E-state index < -0.39 is 0 Å². The first-order valence-electron chi connectivity index (χ1n) is 7.47. The maximum absolute atomic E-state index is 12.4. The number of carbonyl (C=O) groups is 1. The highest BCUT2D eigenvalue weighted by molar-refractivity contribution is 6.30. The van der Waals surface area contributed by atoms with E-state index in [1.807, 2.05) is 31.2 Å². The van der Waals surface area contributed by atoms with E-state index in [2.05, 4.69) is 5.10 Å². The largest absolute Gasteiger partial charge is 0.292 e. The van der Waals surface area contributed by atoms with Crippen LogP contribution in [0.3, 0.4) is 0 Å². The molecule has 4 nitrogen and oxygen atoms in total. The summed E-state index contributed by atoms with van der Waals surface area (Å²) in [5, 5.41) is 4.92. The van der Waals surface area contributed by atoms with Gasteiger partial charge in [0.05, 0.1) is 5.69 Å². The van der Waals surface area contributed by atoms with Crippen LogP contribution in [0.25, 0.3) is 11.3 Å². The van der Waals surface area contributed by atoms with Crippen LogP contribution in [0.2, 0.25) is 5.02 Å². The minimum absolute atomic E-state index is 0.0939. The highest BCUT2D eigenvalue weighted by Gasteiger charge is 2.10. The Morgan fingerprint density at radius 2 is 1.67 bits per heavy atom. The van der Waals surface area contributed by atoms with E-state index in [0.717, 1.165) is 11.1 Å². The molecule has 5 heteroatoms. The summed E-state index contributed by atoms with van der Waals surface area (Å²) < 4.78 is 1.19. The van der Waals surface area contributed by atoms with Crippen molar-refractivity contribution >= 4 is 17.4 Å². The fraction of sp³-hybridized carbons (Fsp3) is 0.105. The Labute approximate surface area is 144 Å². The Morgan fingerprint density at radius 1 is 1.00 bits per heavy atom. The van der Waals surface area contributed by atoms with Crippen LogP contribution in [-0.4, -0.2) is 15.6 Å². The maximum Gasteiger partial charge on any atom is 0.267 e. The lowest BCUT2D eigenvalue weighted by Crippen LogP contribution is -2.26. The molecule has 0 spiro atoms. The minimum atomic E-state index is -0.312. The fourth-order valence-electron chi connectivity index (χ4n) is 2.30. The van der Waals surface area contributed by atoms with Gasteiger partial charge in [-0.2, -0.15) is 5.10 Å². The van der Waals surface area contributed by atoms with Crippen molar-refractivity contribution in [3.05, 3.63) is 87.2 Å². The van der Waals surface area contributed by atoms with Crippen LogP contribution in [0.5, 0.6) is 0 Å².